The highest BCUT2D eigenvalue weighted by Crippen LogP contribution is 2.27. The number of hydrazine groups is 1. The molecular weight excluding hydrogens is 380 g/mol. The van der Waals surface area contributed by atoms with E-state index in [-0.39, 0.29) is 6.42 Å². The number of morpholine rings is 1. The second kappa shape index (κ2) is 9.01. The maximum Gasteiger partial charge on any atom is 0.318 e. The Balaban J connectivity index is 1.77. The number of nitrogens with one attached hydrogen (secondary N) is 1. The molecule has 10 heteroatoms. The maximum atomic E-state index is 13.1. The summed E-state index contributed by atoms with van der Waals surface area (Å²) in [5.41, 5.74) is 0.813. The Morgan fingerprint density at radius 3 is 2.52 bits per heavy atom. The van der Waals surface area contributed by atoms with Gasteiger partial charge in [-0.1, -0.05) is 30.3 Å². The van der Waals surface area contributed by atoms with Gasteiger partial charge < -0.3 is 19.7 Å². The first kappa shape index (κ1) is 20.7. The van der Waals surface area contributed by atoms with E-state index in [2.05, 4.69) is 5.32 Å². The lowest BCUT2D eigenvalue weighted by molar-refractivity contribution is -0.198. The van der Waals surface area contributed by atoms with Gasteiger partial charge >= 0.3 is 12.0 Å². The number of ketones is 1. The normalized spacial score (nSPS) is 22.5. The van der Waals surface area contributed by atoms with Crippen LogP contribution in [0.5, 0.6) is 0 Å². The molecule has 0 radical (unpaired) electrons. The van der Waals surface area contributed by atoms with E-state index in [0.29, 0.717) is 31.3 Å². The zero-order valence-electron chi connectivity index (χ0n) is 16.1. The molecule has 3 atom stereocenters. The second-order valence-corrected chi connectivity index (χ2v) is 6.92. The zero-order valence-corrected chi connectivity index (χ0v) is 16.1. The van der Waals surface area contributed by atoms with Crippen molar-refractivity contribution in [2.45, 2.75) is 25.6 Å². The summed E-state index contributed by atoms with van der Waals surface area (Å²) in [6.07, 6.45) is -0.984. The molecule has 3 amide bonds. The van der Waals surface area contributed by atoms with Crippen LogP contribution >= 0.6 is 0 Å². The molecule has 156 valence electrons. The molecule has 0 bridgehead atoms. The number of ether oxygens (including phenoxy) is 2. The number of β-lactam (4-membered cyclic amide) rings is 1. The first-order chi connectivity index (χ1) is 13.9. The molecular formula is C19H24N4O6. The van der Waals surface area contributed by atoms with E-state index in [1.807, 2.05) is 30.3 Å². The Kier molecular flexibility index (Phi) is 6.45. The number of rotatable bonds is 6. The van der Waals surface area contributed by atoms with Crippen LogP contribution in [0, 0.1) is 5.92 Å². The fourth-order valence-electron chi connectivity index (χ4n) is 3.34. The summed E-state index contributed by atoms with van der Waals surface area (Å²) < 4.78 is 10.2. The quantitative estimate of drug-likeness (QED) is 0.213. The fourth-order valence-corrected chi connectivity index (χ4v) is 3.34. The van der Waals surface area contributed by atoms with Crippen LogP contribution in [0.15, 0.2) is 30.3 Å². The Morgan fingerprint density at radius 1 is 1.24 bits per heavy atom. The van der Waals surface area contributed by atoms with Crippen LogP contribution in [0.1, 0.15) is 12.5 Å². The monoisotopic (exact) mass is 404 g/mol. The van der Waals surface area contributed by atoms with E-state index >= 15 is 0 Å². The largest absolute Gasteiger partial charge is 0.439 e. The molecule has 0 aliphatic carbocycles. The van der Waals surface area contributed by atoms with Gasteiger partial charge in [-0.25, -0.2) is 15.6 Å². The summed E-state index contributed by atoms with van der Waals surface area (Å²) in [6, 6.07) is 7.73. The number of amides is 3. The van der Waals surface area contributed by atoms with Crippen molar-refractivity contribution >= 4 is 23.7 Å². The lowest BCUT2D eigenvalue weighted by Crippen LogP contribution is -2.70. The molecule has 0 aromatic heterocycles. The van der Waals surface area contributed by atoms with Crippen LogP contribution in [-0.2, 0) is 30.3 Å². The third-order valence-corrected chi connectivity index (χ3v) is 4.90. The first-order valence-corrected chi connectivity index (χ1v) is 9.34. The van der Waals surface area contributed by atoms with Crippen molar-refractivity contribution in [1.29, 1.82) is 0 Å². The number of carbonyl (C=O) groups excluding carboxylic acids is 4. The summed E-state index contributed by atoms with van der Waals surface area (Å²) in [4.78, 5) is 50.8. The second-order valence-electron chi connectivity index (χ2n) is 6.92. The average molecular weight is 404 g/mol. The average Bonchev–Trinajstić information content (AvgIpc) is 2.73. The van der Waals surface area contributed by atoms with Crippen LogP contribution in [0.3, 0.4) is 0 Å². The number of esters is 1. The van der Waals surface area contributed by atoms with Gasteiger partial charge in [-0.15, -0.1) is 0 Å². The third-order valence-electron chi connectivity index (χ3n) is 4.90. The standard InChI is InChI=1S/C19H24N4O6/c1-12(24)29-18-15(17(26)23(18)20)16(25)14(11-13-5-3-2-4-6-13)21-19(27)22-7-9-28-10-8-22/h2-6,14-15,18H,7-11,20H2,1H3,(H,21,27)/t14-,15-,18-/m0/s1. The number of hydrogen-bond donors (Lipinski definition) is 2. The van der Waals surface area contributed by atoms with E-state index in [1.54, 1.807) is 4.90 Å². The molecule has 2 aliphatic rings. The van der Waals surface area contributed by atoms with E-state index in [0.717, 1.165) is 5.56 Å². The molecule has 3 rings (SSSR count). The highest BCUT2D eigenvalue weighted by molar-refractivity contribution is 6.09. The van der Waals surface area contributed by atoms with E-state index in [9.17, 15) is 19.2 Å². The van der Waals surface area contributed by atoms with Gasteiger partial charge in [0.1, 0.15) is 0 Å². The van der Waals surface area contributed by atoms with E-state index < -0.39 is 41.9 Å². The van der Waals surface area contributed by atoms with Crippen LogP contribution in [-0.4, -0.2) is 72.2 Å². The number of urea groups is 1. The minimum atomic E-state index is -1.25. The van der Waals surface area contributed by atoms with Crippen molar-refractivity contribution < 1.29 is 28.7 Å². The van der Waals surface area contributed by atoms with Crippen LogP contribution in [0.25, 0.3) is 0 Å². The molecule has 0 spiro atoms. The Bertz CT molecular complexity index is 780. The minimum Gasteiger partial charge on any atom is -0.439 e. The van der Waals surface area contributed by atoms with Crippen LogP contribution in [0.2, 0.25) is 0 Å². The lowest BCUT2D eigenvalue weighted by atomic mass is 9.86. The molecule has 1 aromatic rings. The topological polar surface area (TPSA) is 131 Å². The van der Waals surface area contributed by atoms with E-state index in [4.69, 9.17) is 15.3 Å². The number of Topliss-reactive ketones (excluding diaryl/α,β-unsaturated/α-hetero) is 1. The molecule has 2 aliphatic heterocycles. The molecule has 2 saturated heterocycles. The summed E-state index contributed by atoms with van der Waals surface area (Å²) in [5.74, 6) is 2.45. The molecule has 0 saturated carbocycles. The molecule has 3 N–H and O–H groups in total. The summed E-state index contributed by atoms with van der Waals surface area (Å²) in [6.45, 7) is 2.82. The van der Waals surface area contributed by atoms with Gasteiger partial charge in [-0.2, -0.15) is 0 Å². The number of nitrogens with zero attached hydrogens (tertiary/aromatic N) is 2. The molecule has 29 heavy (non-hydrogen) atoms. The predicted octanol–water partition coefficient (Wildman–Crippen LogP) is -0.570. The summed E-state index contributed by atoms with van der Waals surface area (Å²) in [7, 11) is 0. The third kappa shape index (κ3) is 4.72. The Hall–Kier alpha value is -2.98. The lowest BCUT2D eigenvalue weighted by Gasteiger charge is -2.42. The number of hydrogen-bond acceptors (Lipinski definition) is 7. The summed E-state index contributed by atoms with van der Waals surface area (Å²) in [5, 5.41) is 3.44. The highest BCUT2D eigenvalue weighted by Gasteiger charge is 2.54. The van der Waals surface area contributed by atoms with Crippen molar-refractivity contribution in [3.05, 3.63) is 35.9 Å². The zero-order chi connectivity index (χ0) is 21.0. The molecule has 1 aromatic carbocycles. The Morgan fingerprint density at radius 2 is 1.90 bits per heavy atom. The number of carbonyl (C=O) groups is 4. The van der Waals surface area contributed by atoms with Gasteiger partial charge in [-0.05, 0) is 12.0 Å². The molecule has 2 fully saturated rings. The van der Waals surface area contributed by atoms with Crippen molar-refractivity contribution in [1.82, 2.24) is 15.2 Å². The molecule has 2 heterocycles. The van der Waals surface area contributed by atoms with Gasteiger partial charge in [-0.3, -0.25) is 14.4 Å². The fraction of sp³-hybridized carbons (Fsp3) is 0.474. The SMILES string of the molecule is CC(=O)O[C@H]1[C@@H](C(=O)[C@H](Cc2ccccc2)NC(=O)N2CCOCC2)C(=O)N1N. The van der Waals surface area contributed by atoms with Crippen molar-refractivity contribution in [2.24, 2.45) is 11.8 Å². The van der Waals surface area contributed by atoms with Crippen LogP contribution < -0.4 is 11.2 Å². The minimum absolute atomic E-state index is 0.191. The van der Waals surface area contributed by atoms with Crippen molar-refractivity contribution in [3.8, 4) is 0 Å². The van der Waals surface area contributed by atoms with Crippen molar-refractivity contribution in [2.75, 3.05) is 26.3 Å². The van der Waals surface area contributed by atoms with Crippen molar-refractivity contribution in [3.63, 3.8) is 0 Å². The van der Waals surface area contributed by atoms with Gasteiger partial charge in [0.2, 0.25) is 6.23 Å². The van der Waals surface area contributed by atoms with Gasteiger partial charge in [0.05, 0.1) is 19.3 Å². The molecule has 10 nitrogen and oxygen atoms in total. The first-order valence-electron chi connectivity index (χ1n) is 9.34. The van der Waals surface area contributed by atoms with Gasteiger partial charge in [0.25, 0.3) is 5.91 Å². The van der Waals surface area contributed by atoms with Gasteiger partial charge in [0.15, 0.2) is 11.7 Å². The summed E-state index contributed by atoms with van der Waals surface area (Å²) >= 11 is 0. The van der Waals surface area contributed by atoms with Crippen LogP contribution in [0.4, 0.5) is 4.79 Å². The number of benzene rings is 1. The molecule has 0 unspecified atom stereocenters. The Labute approximate surface area is 167 Å². The highest BCUT2D eigenvalue weighted by atomic mass is 16.6. The number of nitrogens with two attached hydrogens (primary N) is 1. The van der Waals surface area contributed by atoms with E-state index in [1.165, 1.54) is 6.92 Å². The van der Waals surface area contributed by atoms with Gasteiger partial charge in [0, 0.05) is 20.0 Å². The smallest absolute Gasteiger partial charge is 0.318 e. The maximum absolute atomic E-state index is 13.1. The predicted molar refractivity (Wildman–Crippen MR) is 99.9 cm³/mol.